The first-order valence-electron chi connectivity index (χ1n) is 7.09. The molecule has 2 aliphatic heterocycles. The van der Waals surface area contributed by atoms with Gasteiger partial charge in [0.15, 0.2) is 6.61 Å². The molecule has 3 heterocycles. The zero-order valence-electron chi connectivity index (χ0n) is 13.0. The van der Waals surface area contributed by atoms with Gasteiger partial charge in [0.05, 0.1) is 13.3 Å². The van der Waals surface area contributed by atoms with Gasteiger partial charge in [0.25, 0.3) is 0 Å². The smallest absolute Gasteiger partial charge is 0.355 e. The van der Waals surface area contributed by atoms with Crippen LogP contribution in [0.3, 0.4) is 0 Å². The van der Waals surface area contributed by atoms with Crippen LogP contribution >= 0.6 is 35.1 Å². The van der Waals surface area contributed by atoms with Crippen molar-refractivity contribution in [3.05, 3.63) is 17.5 Å². The average molecular weight is 402 g/mol. The second kappa shape index (κ2) is 7.72. The Morgan fingerprint density at radius 3 is 3.00 bits per heavy atom. The van der Waals surface area contributed by atoms with Crippen molar-refractivity contribution in [1.82, 2.24) is 14.5 Å². The third-order valence-corrected chi connectivity index (χ3v) is 6.84. The molecule has 1 saturated heterocycles. The van der Waals surface area contributed by atoms with E-state index >= 15 is 0 Å². The number of carbonyl (C=O) groups excluding carboxylic acids is 3. The van der Waals surface area contributed by atoms with E-state index in [2.05, 4.69) is 14.3 Å². The molecule has 2 atom stereocenters. The van der Waals surface area contributed by atoms with Gasteiger partial charge in [-0.1, -0.05) is 4.49 Å². The van der Waals surface area contributed by atoms with Gasteiger partial charge in [-0.05, 0) is 17.1 Å². The molecule has 9 nitrogen and oxygen atoms in total. The summed E-state index contributed by atoms with van der Waals surface area (Å²) >= 11 is 4.22. The molecule has 1 amide bonds. The molecule has 1 fully saturated rings. The number of β-lactam (4-membered cyclic amide) rings is 1. The molecule has 1 aromatic rings. The van der Waals surface area contributed by atoms with E-state index in [4.69, 9.17) is 10.5 Å². The Kier molecular flexibility index (Phi) is 5.61. The summed E-state index contributed by atoms with van der Waals surface area (Å²) in [5, 5.41) is 3.48. The average Bonchev–Trinajstić information content (AvgIpc) is 3.16. The number of hydrogen-bond acceptors (Lipinski definition) is 11. The summed E-state index contributed by atoms with van der Waals surface area (Å²) in [5.41, 5.74) is 6.71. The molecule has 0 spiro atoms. The Hall–Kier alpha value is -1.63. The van der Waals surface area contributed by atoms with Gasteiger partial charge in [0.2, 0.25) is 5.91 Å². The van der Waals surface area contributed by atoms with Crippen molar-refractivity contribution in [1.29, 1.82) is 0 Å². The second-order valence-corrected chi connectivity index (χ2v) is 8.23. The van der Waals surface area contributed by atoms with Crippen molar-refractivity contribution in [3.63, 3.8) is 0 Å². The van der Waals surface area contributed by atoms with Crippen LogP contribution in [0.15, 0.2) is 21.7 Å². The summed E-state index contributed by atoms with van der Waals surface area (Å²) in [5.74, 6) is -0.706. The lowest BCUT2D eigenvalue weighted by atomic mass is 10.0. The lowest BCUT2D eigenvalue weighted by Crippen LogP contribution is -2.68. The predicted octanol–water partition coefficient (Wildman–Crippen LogP) is -0.157. The third kappa shape index (κ3) is 3.66. The van der Waals surface area contributed by atoms with Crippen molar-refractivity contribution in [2.45, 2.75) is 15.6 Å². The molecule has 0 aromatic carbocycles. The second-order valence-electron chi connectivity index (χ2n) is 5.07. The minimum Gasteiger partial charge on any atom is -0.466 e. The fourth-order valence-electron chi connectivity index (χ4n) is 2.31. The molecule has 1 aromatic heterocycles. The lowest BCUT2D eigenvalue weighted by Gasteiger charge is -2.48. The highest BCUT2D eigenvalue weighted by Gasteiger charge is 2.52. The Balaban J connectivity index is 1.79. The highest BCUT2D eigenvalue weighted by atomic mass is 32.2. The number of fused-ring (bicyclic) bond motifs is 1. The number of ether oxygens (including phenoxy) is 2. The summed E-state index contributed by atoms with van der Waals surface area (Å²) < 4.78 is 14.1. The topological polar surface area (TPSA) is 125 Å². The van der Waals surface area contributed by atoms with Crippen LogP contribution in [0.5, 0.6) is 0 Å². The highest BCUT2D eigenvalue weighted by molar-refractivity contribution is 8.01. The zero-order chi connectivity index (χ0) is 18.0. The molecule has 134 valence electrons. The van der Waals surface area contributed by atoms with Gasteiger partial charge in [0.1, 0.15) is 21.3 Å². The molecule has 12 heteroatoms. The van der Waals surface area contributed by atoms with Crippen molar-refractivity contribution in [2.24, 2.45) is 5.73 Å². The summed E-state index contributed by atoms with van der Waals surface area (Å²) in [6, 6.07) is -0.631. The molecular formula is C13H14N4O5S3. The molecule has 0 bridgehead atoms. The Morgan fingerprint density at radius 2 is 2.32 bits per heavy atom. The van der Waals surface area contributed by atoms with E-state index in [1.54, 1.807) is 6.20 Å². The van der Waals surface area contributed by atoms with Gasteiger partial charge in [0, 0.05) is 11.5 Å². The van der Waals surface area contributed by atoms with E-state index in [1.165, 1.54) is 47.1 Å². The number of aromatic nitrogens is 2. The summed E-state index contributed by atoms with van der Waals surface area (Å²) in [7, 11) is 1.20. The van der Waals surface area contributed by atoms with Gasteiger partial charge in [-0.25, -0.2) is 9.59 Å². The maximum Gasteiger partial charge on any atom is 0.355 e. The van der Waals surface area contributed by atoms with Crippen LogP contribution in [0.4, 0.5) is 0 Å². The minimum atomic E-state index is -0.728. The van der Waals surface area contributed by atoms with Crippen LogP contribution in [0.2, 0.25) is 0 Å². The SMILES string of the molecule is COC(=O)COC(=O)C1=C(CSc2cnns2)CS[C@H]2C(N)C(=O)N12. The monoisotopic (exact) mass is 402 g/mol. The number of thioether (sulfide) groups is 2. The minimum absolute atomic E-state index is 0.171. The van der Waals surface area contributed by atoms with Crippen molar-refractivity contribution in [2.75, 3.05) is 25.2 Å². The fourth-order valence-corrected chi connectivity index (χ4v) is 5.17. The molecule has 0 radical (unpaired) electrons. The van der Waals surface area contributed by atoms with E-state index in [9.17, 15) is 14.4 Å². The molecule has 1 unspecified atom stereocenters. The summed E-state index contributed by atoms with van der Waals surface area (Å²) in [4.78, 5) is 37.1. The molecule has 2 N–H and O–H groups in total. The van der Waals surface area contributed by atoms with E-state index in [0.29, 0.717) is 11.5 Å². The van der Waals surface area contributed by atoms with Gasteiger partial charge < -0.3 is 15.2 Å². The number of rotatable bonds is 6. The van der Waals surface area contributed by atoms with E-state index in [1.807, 2.05) is 0 Å². The zero-order valence-corrected chi connectivity index (χ0v) is 15.5. The number of esters is 2. The van der Waals surface area contributed by atoms with Gasteiger partial charge in [-0.3, -0.25) is 9.69 Å². The summed E-state index contributed by atoms with van der Waals surface area (Å²) in [6.07, 6.45) is 1.63. The molecular weight excluding hydrogens is 388 g/mol. The maximum absolute atomic E-state index is 12.5. The van der Waals surface area contributed by atoms with Crippen LogP contribution in [0, 0.1) is 0 Å². The predicted molar refractivity (Wildman–Crippen MR) is 91.7 cm³/mol. The molecule has 0 saturated carbocycles. The Labute approximate surface area is 155 Å². The molecule has 25 heavy (non-hydrogen) atoms. The lowest BCUT2D eigenvalue weighted by molar-refractivity contribution is -0.158. The van der Waals surface area contributed by atoms with Crippen LogP contribution in [0.1, 0.15) is 0 Å². The van der Waals surface area contributed by atoms with E-state index in [-0.39, 0.29) is 17.0 Å². The number of nitrogens with zero attached hydrogens (tertiary/aromatic N) is 3. The number of amides is 1. The first kappa shape index (κ1) is 18.2. The van der Waals surface area contributed by atoms with Crippen LogP contribution in [-0.2, 0) is 23.9 Å². The maximum atomic E-state index is 12.5. The molecule has 3 rings (SSSR count). The largest absolute Gasteiger partial charge is 0.466 e. The van der Waals surface area contributed by atoms with Crippen LogP contribution in [0.25, 0.3) is 0 Å². The quantitative estimate of drug-likeness (QED) is 0.390. The Morgan fingerprint density at radius 1 is 1.52 bits per heavy atom. The number of hydrogen-bond donors (Lipinski definition) is 1. The van der Waals surface area contributed by atoms with Crippen molar-refractivity contribution < 1.29 is 23.9 Å². The Bertz CT molecular complexity index is 723. The first-order valence-corrected chi connectivity index (χ1v) is 9.90. The van der Waals surface area contributed by atoms with E-state index < -0.39 is 24.6 Å². The van der Waals surface area contributed by atoms with Crippen molar-refractivity contribution in [3.8, 4) is 0 Å². The van der Waals surface area contributed by atoms with Crippen LogP contribution in [-0.4, -0.2) is 69.0 Å². The standard InChI is InChI=1S/C13H14N4O5S3/c1-21-7(18)3-22-13(20)10-6(4-23-8-2-15-16-25-8)5-24-12-9(14)11(19)17(10)12/h2,9,12H,3-5,14H2,1H3/t9?,12-/m0/s1. The molecule has 0 aliphatic carbocycles. The van der Waals surface area contributed by atoms with Gasteiger partial charge >= 0.3 is 11.9 Å². The third-order valence-electron chi connectivity index (χ3n) is 3.56. The van der Waals surface area contributed by atoms with Crippen molar-refractivity contribution >= 4 is 52.9 Å². The number of carbonyl (C=O) groups is 3. The van der Waals surface area contributed by atoms with Gasteiger partial charge in [-0.15, -0.1) is 28.6 Å². The van der Waals surface area contributed by atoms with E-state index in [0.717, 1.165) is 9.78 Å². The highest BCUT2D eigenvalue weighted by Crippen LogP contribution is 2.41. The fraction of sp³-hybridized carbons (Fsp3) is 0.462. The summed E-state index contributed by atoms with van der Waals surface area (Å²) in [6.45, 7) is -0.510. The molecule has 2 aliphatic rings. The first-order chi connectivity index (χ1) is 12.0. The number of methoxy groups -OCH3 is 1. The van der Waals surface area contributed by atoms with Crippen LogP contribution < -0.4 is 5.73 Å². The normalized spacial score (nSPS) is 22.3. The van der Waals surface area contributed by atoms with Gasteiger partial charge in [-0.2, -0.15) is 0 Å². The number of nitrogens with two attached hydrogens (primary N) is 1.